The maximum atomic E-state index is 12.9. The molecule has 0 radical (unpaired) electrons. The number of hydrogen-bond donors (Lipinski definition) is 1. The molecule has 0 atom stereocenters. The minimum atomic E-state index is 0.0599. The van der Waals surface area contributed by atoms with Crippen LogP contribution in [-0.4, -0.2) is 67.6 Å². The van der Waals surface area contributed by atoms with Gasteiger partial charge in [0.2, 0.25) is 5.91 Å². The van der Waals surface area contributed by atoms with Gasteiger partial charge in [-0.05, 0) is 43.5 Å². The lowest BCUT2D eigenvalue weighted by Crippen LogP contribution is -2.53. The second-order valence-corrected chi connectivity index (χ2v) is 7.61. The highest BCUT2D eigenvalue weighted by Gasteiger charge is 2.23. The van der Waals surface area contributed by atoms with Gasteiger partial charge in [-0.2, -0.15) is 0 Å². The zero-order valence-corrected chi connectivity index (χ0v) is 17.6. The number of anilines is 2. The topological polar surface area (TPSA) is 64.1 Å². The zero-order valence-electron chi connectivity index (χ0n) is 17.6. The van der Waals surface area contributed by atoms with Gasteiger partial charge in [-0.1, -0.05) is 24.3 Å². The molecule has 0 unspecified atom stereocenters. The number of piperazine rings is 1. The highest BCUT2D eigenvalue weighted by Crippen LogP contribution is 2.26. The van der Waals surface area contributed by atoms with Gasteiger partial charge >= 0.3 is 0 Å². The van der Waals surface area contributed by atoms with Crippen molar-refractivity contribution in [2.75, 3.05) is 55.6 Å². The summed E-state index contributed by atoms with van der Waals surface area (Å²) in [6.07, 6.45) is 3.87. The van der Waals surface area contributed by atoms with Crippen LogP contribution < -0.4 is 15.1 Å². The first-order valence-electron chi connectivity index (χ1n) is 10.8. The predicted molar refractivity (Wildman–Crippen MR) is 121 cm³/mol. The first-order chi connectivity index (χ1) is 14.8. The van der Waals surface area contributed by atoms with Crippen molar-refractivity contribution in [1.82, 2.24) is 15.2 Å². The Labute approximate surface area is 178 Å². The molecular weight excluding hydrogens is 376 g/mol. The third-order valence-electron chi connectivity index (χ3n) is 5.66. The molecule has 4 rings (SSSR count). The summed E-state index contributed by atoms with van der Waals surface area (Å²) in [5.41, 5.74) is 2.29. The van der Waals surface area contributed by atoms with E-state index in [0.717, 1.165) is 69.6 Å². The summed E-state index contributed by atoms with van der Waals surface area (Å²) in [6.45, 7) is 7.24. The summed E-state index contributed by atoms with van der Waals surface area (Å²) in [5, 5.41) is 3.36. The van der Waals surface area contributed by atoms with Crippen LogP contribution in [0.25, 0.3) is 0 Å². The van der Waals surface area contributed by atoms with Gasteiger partial charge in [0, 0.05) is 51.2 Å². The molecule has 1 amide bonds. The van der Waals surface area contributed by atoms with Crippen molar-refractivity contribution in [3.63, 3.8) is 0 Å². The number of para-hydroxylation sites is 1. The predicted octanol–water partition coefficient (Wildman–Crippen LogP) is 2.15. The average Bonchev–Trinajstić information content (AvgIpc) is 2.82. The normalized spacial score (nSPS) is 17.0. The summed E-state index contributed by atoms with van der Waals surface area (Å²) < 4.78 is 0. The van der Waals surface area contributed by atoms with Crippen LogP contribution in [0.4, 0.5) is 11.5 Å². The van der Waals surface area contributed by atoms with E-state index >= 15 is 0 Å². The second-order valence-electron chi connectivity index (χ2n) is 7.61. The Bertz CT molecular complexity index is 876. The average molecular weight is 407 g/mol. The van der Waals surface area contributed by atoms with Crippen LogP contribution in [0.15, 0.2) is 53.7 Å². The van der Waals surface area contributed by atoms with Gasteiger partial charge in [0.15, 0.2) is 5.96 Å². The number of nitrogens with zero attached hydrogens (tertiary/aromatic N) is 5. The van der Waals surface area contributed by atoms with Crippen molar-refractivity contribution in [2.45, 2.75) is 19.8 Å². The molecule has 2 aliphatic heterocycles. The lowest BCUT2D eigenvalue weighted by atomic mass is 10.0. The summed E-state index contributed by atoms with van der Waals surface area (Å²) in [6, 6.07) is 14.2. The van der Waals surface area contributed by atoms with Gasteiger partial charge in [0.25, 0.3) is 0 Å². The van der Waals surface area contributed by atoms with Crippen molar-refractivity contribution >= 4 is 23.4 Å². The molecule has 7 nitrogen and oxygen atoms in total. The Morgan fingerprint density at radius 3 is 2.63 bits per heavy atom. The van der Waals surface area contributed by atoms with Crippen molar-refractivity contribution in [3.8, 4) is 0 Å². The number of aliphatic imine (C=N–C) groups is 1. The Balaban J connectivity index is 1.39. The van der Waals surface area contributed by atoms with Gasteiger partial charge in [0.1, 0.15) is 12.4 Å². The smallest absolute Gasteiger partial charge is 0.248 e. The quantitative estimate of drug-likeness (QED) is 0.623. The van der Waals surface area contributed by atoms with Crippen LogP contribution in [0.3, 0.4) is 0 Å². The van der Waals surface area contributed by atoms with E-state index in [1.165, 1.54) is 5.56 Å². The van der Waals surface area contributed by atoms with Crippen LogP contribution >= 0.6 is 0 Å². The molecule has 0 saturated carbocycles. The molecule has 30 heavy (non-hydrogen) atoms. The zero-order chi connectivity index (χ0) is 20.8. The molecule has 1 saturated heterocycles. The van der Waals surface area contributed by atoms with Gasteiger partial charge in [-0.3, -0.25) is 4.79 Å². The number of carbonyl (C=O) groups excluding carboxylic acids is 1. The van der Waals surface area contributed by atoms with E-state index < -0.39 is 0 Å². The number of nitrogens with one attached hydrogen (secondary N) is 1. The fourth-order valence-corrected chi connectivity index (χ4v) is 4.13. The van der Waals surface area contributed by atoms with E-state index in [1.807, 2.05) is 47.5 Å². The van der Waals surface area contributed by atoms with Crippen LogP contribution in [0.1, 0.15) is 18.9 Å². The van der Waals surface area contributed by atoms with Crippen molar-refractivity contribution < 1.29 is 4.79 Å². The Morgan fingerprint density at radius 1 is 1.07 bits per heavy atom. The number of benzene rings is 1. The summed E-state index contributed by atoms with van der Waals surface area (Å²) in [7, 11) is 0. The van der Waals surface area contributed by atoms with Crippen molar-refractivity contribution in [2.24, 2.45) is 4.99 Å². The van der Waals surface area contributed by atoms with Crippen molar-refractivity contribution in [1.29, 1.82) is 0 Å². The van der Waals surface area contributed by atoms with E-state index in [4.69, 9.17) is 0 Å². The molecule has 1 N–H and O–H groups in total. The molecule has 1 fully saturated rings. The highest BCUT2D eigenvalue weighted by atomic mass is 16.2. The number of carbonyl (C=O) groups is 1. The minimum Gasteiger partial charge on any atom is -0.357 e. The van der Waals surface area contributed by atoms with Gasteiger partial charge in [-0.15, -0.1) is 0 Å². The molecule has 0 bridgehead atoms. The van der Waals surface area contributed by atoms with E-state index in [1.54, 1.807) is 0 Å². The van der Waals surface area contributed by atoms with E-state index in [9.17, 15) is 4.79 Å². The third kappa shape index (κ3) is 4.56. The largest absolute Gasteiger partial charge is 0.357 e. The molecule has 0 aliphatic carbocycles. The van der Waals surface area contributed by atoms with E-state index in [0.29, 0.717) is 0 Å². The van der Waals surface area contributed by atoms with Gasteiger partial charge in [0.05, 0.1) is 0 Å². The van der Waals surface area contributed by atoms with Crippen LogP contribution in [-0.2, 0) is 11.2 Å². The molecule has 3 heterocycles. The Kier molecular flexibility index (Phi) is 6.47. The monoisotopic (exact) mass is 406 g/mol. The molecule has 2 aromatic rings. The fraction of sp³-hybridized carbons (Fsp3) is 0.435. The number of rotatable bonds is 4. The highest BCUT2D eigenvalue weighted by molar-refractivity contribution is 5.97. The summed E-state index contributed by atoms with van der Waals surface area (Å²) >= 11 is 0. The molecule has 7 heteroatoms. The van der Waals surface area contributed by atoms with Gasteiger partial charge in [-0.25, -0.2) is 9.98 Å². The number of amides is 1. The summed E-state index contributed by atoms with van der Waals surface area (Å²) in [4.78, 5) is 28.5. The van der Waals surface area contributed by atoms with Crippen LogP contribution in [0.2, 0.25) is 0 Å². The number of fused-ring (bicyclic) bond motifs is 1. The lowest BCUT2D eigenvalue weighted by Gasteiger charge is -2.37. The number of guanidine groups is 1. The van der Waals surface area contributed by atoms with E-state index in [-0.39, 0.29) is 12.5 Å². The molecule has 2 aliphatic rings. The first kappa shape index (κ1) is 20.2. The third-order valence-corrected chi connectivity index (χ3v) is 5.66. The first-order valence-corrected chi connectivity index (χ1v) is 10.8. The molecular formula is C23H30N6O. The van der Waals surface area contributed by atoms with Crippen LogP contribution in [0.5, 0.6) is 0 Å². The molecule has 158 valence electrons. The maximum absolute atomic E-state index is 12.9. The molecule has 1 aromatic heterocycles. The molecule has 1 aromatic carbocycles. The number of pyridine rings is 1. The number of hydrogen-bond acceptors (Lipinski definition) is 4. The molecule has 0 spiro atoms. The second kappa shape index (κ2) is 9.61. The Morgan fingerprint density at radius 2 is 1.87 bits per heavy atom. The SMILES string of the molecule is CCNC(=NCC(=O)N1CCCc2ccccc21)N1CCN(c2ccccn2)CC1. The minimum absolute atomic E-state index is 0.0599. The summed E-state index contributed by atoms with van der Waals surface area (Å²) in [5.74, 6) is 1.89. The maximum Gasteiger partial charge on any atom is 0.248 e. The lowest BCUT2D eigenvalue weighted by molar-refractivity contribution is -0.117. The number of aryl methyl sites for hydroxylation is 1. The van der Waals surface area contributed by atoms with Gasteiger partial charge < -0.3 is 20.0 Å². The Hall–Kier alpha value is -3.09. The van der Waals surface area contributed by atoms with E-state index in [2.05, 4.69) is 38.1 Å². The fourth-order valence-electron chi connectivity index (χ4n) is 4.13. The standard InChI is InChI=1S/C23H30N6O/c1-2-24-23(28-16-14-27(15-17-28)21-11-5-6-12-25-21)26-18-22(30)29-13-7-9-19-8-3-4-10-20(19)29/h3-6,8,10-12H,2,7,9,13-18H2,1H3,(H,24,26). The number of aromatic nitrogens is 1. The van der Waals surface area contributed by atoms with Crippen LogP contribution in [0, 0.1) is 0 Å². The van der Waals surface area contributed by atoms with Crippen molar-refractivity contribution in [3.05, 3.63) is 54.2 Å².